The molecule has 2 N–H and O–H groups in total. The summed E-state index contributed by atoms with van der Waals surface area (Å²) in [6, 6.07) is -1.11. The highest BCUT2D eigenvalue weighted by Crippen LogP contribution is 2.42. The SMILES string of the molecule is CCC1C=C(C)CC(C)CC(OC)C2OC(O)(C(=O)C(=O)N3CCCCC3C(=O)OC(C(C)=CC3CCC(O)C(OC(C)C)C3)C(C)C(O[Si](C)(C)C(C)(C)C)CC1=O)C(C)CC2OC. The molecule has 372 valence electrons. The highest BCUT2D eigenvalue weighted by molar-refractivity contribution is 6.74. The Morgan fingerprint density at radius 1 is 0.954 bits per heavy atom. The second-order valence-corrected chi connectivity index (χ2v) is 26.7. The number of aliphatic hydroxyl groups is 2. The lowest BCUT2D eigenvalue weighted by atomic mass is 9.81. The van der Waals surface area contributed by atoms with E-state index >= 15 is 0 Å². The predicted octanol–water partition coefficient (Wildman–Crippen LogP) is 8.28. The fraction of sp³-hybridized carbons (Fsp3) is 0.843. The van der Waals surface area contributed by atoms with Gasteiger partial charge in [-0.15, -0.1) is 0 Å². The molecule has 14 atom stereocenters. The van der Waals surface area contributed by atoms with E-state index in [2.05, 4.69) is 52.9 Å². The number of rotatable bonds is 9. The molecule has 13 nitrogen and oxygen atoms in total. The van der Waals surface area contributed by atoms with Crippen molar-refractivity contribution in [1.82, 2.24) is 4.90 Å². The molecule has 14 heteroatoms. The van der Waals surface area contributed by atoms with Crippen molar-refractivity contribution in [3.8, 4) is 0 Å². The lowest BCUT2D eigenvalue weighted by Crippen LogP contribution is -2.64. The monoisotopic (exact) mass is 934 g/mol. The van der Waals surface area contributed by atoms with Crippen LogP contribution in [0.1, 0.15) is 147 Å². The molecule has 3 heterocycles. The number of cyclic esters (lactones) is 1. The molecule has 1 aliphatic carbocycles. The smallest absolute Gasteiger partial charge is 0.329 e. The van der Waals surface area contributed by atoms with E-state index in [1.807, 2.05) is 41.5 Å². The summed E-state index contributed by atoms with van der Waals surface area (Å²) in [5.41, 5.74) is 1.82. The number of hydrogen-bond donors (Lipinski definition) is 2. The van der Waals surface area contributed by atoms with Crippen LogP contribution in [0.3, 0.4) is 0 Å². The zero-order valence-corrected chi connectivity index (χ0v) is 43.6. The Morgan fingerprint density at radius 3 is 2.20 bits per heavy atom. The summed E-state index contributed by atoms with van der Waals surface area (Å²) in [5.74, 6) is -6.90. The Hall–Kier alpha value is -2.30. The summed E-state index contributed by atoms with van der Waals surface area (Å²) in [7, 11) is 0.580. The number of methoxy groups -OCH3 is 2. The zero-order valence-electron chi connectivity index (χ0n) is 42.6. The number of amides is 1. The van der Waals surface area contributed by atoms with Crippen molar-refractivity contribution >= 4 is 31.8 Å². The Morgan fingerprint density at radius 2 is 1.60 bits per heavy atom. The van der Waals surface area contributed by atoms with E-state index in [0.29, 0.717) is 51.4 Å². The van der Waals surface area contributed by atoms with E-state index in [1.54, 1.807) is 21.1 Å². The lowest BCUT2D eigenvalue weighted by Gasteiger charge is -2.47. The molecule has 1 amide bonds. The second kappa shape index (κ2) is 23.3. The van der Waals surface area contributed by atoms with E-state index in [0.717, 1.165) is 11.1 Å². The quantitative estimate of drug-likeness (QED) is 0.0985. The fourth-order valence-corrected chi connectivity index (χ4v) is 11.7. The maximum atomic E-state index is 14.8. The number of carbonyl (C=O) groups is 4. The average molecular weight is 934 g/mol. The third kappa shape index (κ3) is 13.7. The van der Waals surface area contributed by atoms with E-state index in [4.69, 9.17) is 28.1 Å². The molecule has 0 aromatic heterocycles. The lowest BCUT2D eigenvalue weighted by molar-refractivity contribution is -0.302. The maximum absolute atomic E-state index is 14.8. The molecule has 65 heavy (non-hydrogen) atoms. The van der Waals surface area contributed by atoms with Crippen LogP contribution in [-0.4, -0.2) is 128 Å². The largest absolute Gasteiger partial charge is 0.456 e. The molecule has 0 aromatic rings. The Labute approximate surface area is 392 Å². The number of ether oxygens (including phenoxy) is 5. The van der Waals surface area contributed by atoms with E-state index in [9.17, 15) is 29.4 Å². The summed E-state index contributed by atoms with van der Waals surface area (Å²) in [5, 5.41) is 22.9. The van der Waals surface area contributed by atoms with Gasteiger partial charge in [0.25, 0.3) is 11.7 Å². The van der Waals surface area contributed by atoms with Crippen molar-refractivity contribution in [2.24, 2.45) is 29.6 Å². The number of carbonyl (C=O) groups excluding carboxylic acids is 4. The van der Waals surface area contributed by atoms with Crippen LogP contribution < -0.4 is 0 Å². The number of Topliss-reactive ketones (excluding diaryl/α,β-unsaturated/α-hetero) is 2. The van der Waals surface area contributed by atoms with Crippen LogP contribution in [0, 0.1) is 29.6 Å². The van der Waals surface area contributed by atoms with Crippen LogP contribution in [0.15, 0.2) is 23.3 Å². The van der Waals surface area contributed by atoms with Crippen molar-refractivity contribution in [2.45, 2.75) is 226 Å². The normalized spacial score (nSPS) is 37.3. The van der Waals surface area contributed by atoms with E-state index in [1.165, 1.54) is 4.90 Å². The van der Waals surface area contributed by atoms with Gasteiger partial charge in [-0.05, 0) is 127 Å². The number of aliphatic hydroxyl groups excluding tert-OH is 1. The summed E-state index contributed by atoms with van der Waals surface area (Å²) in [6.45, 7) is 26.6. The molecule has 4 aliphatic rings. The predicted molar refractivity (Wildman–Crippen MR) is 253 cm³/mol. The van der Waals surface area contributed by atoms with Gasteiger partial charge in [-0.25, -0.2) is 4.79 Å². The van der Waals surface area contributed by atoms with Crippen LogP contribution >= 0.6 is 0 Å². The molecule has 0 aromatic carbocycles. The second-order valence-electron chi connectivity index (χ2n) is 22.0. The number of allylic oxidation sites excluding steroid dienone is 3. The molecule has 3 fully saturated rings. The first-order chi connectivity index (χ1) is 30.3. The molecule has 0 spiro atoms. The molecular weight excluding hydrogens is 847 g/mol. The van der Waals surface area contributed by atoms with Gasteiger partial charge in [0.05, 0.1) is 36.6 Å². The first-order valence-corrected chi connectivity index (χ1v) is 27.6. The number of fused-ring (bicyclic) bond motifs is 3. The minimum absolute atomic E-state index is 0.0161. The zero-order chi connectivity index (χ0) is 48.8. The molecular formula is C51H87NO12Si. The number of nitrogens with zero attached hydrogens (tertiary/aromatic N) is 1. The first kappa shape index (κ1) is 55.3. The van der Waals surface area contributed by atoms with Crippen LogP contribution in [-0.2, 0) is 47.3 Å². The highest BCUT2D eigenvalue weighted by Gasteiger charge is 2.57. The van der Waals surface area contributed by atoms with Crippen molar-refractivity contribution in [3.05, 3.63) is 23.3 Å². The molecule has 2 saturated heterocycles. The molecule has 2 bridgehead atoms. The fourth-order valence-electron chi connectivity index (χ4n) is 10.3. The van der Waals surface area contributed by atoms with Gasteiger partial charge in [-0.2, -0.15) is 0 Å². The minimum atomic E-state index is -2.53. The maximum Gasteiger partial charge on any atom is 0.329 e. The highest BCUT2D eigenvalue weighted by atomic mass is 28.4. The number of ketones is 2. The Balaban J connectivity index is 1.88. The summed E-state index contributed by atoms with van der Waals surface area (Å²) < 4.78 is 38.2. The molecule has 4 rings (SSSR count). The van der Waals surface area contributed by atoms with E-state index < -0.39 is 86.3 Å². The van der Waals surface area contributed by atoms with Gasteiger partial charge in [-0.1, -0.05) is 66.2 Å². The van der Waals surface area contributed by atoms with Crippen LogP contribution in [0.25, 0.3) is 0 Å². The number of esters is 1. The van der Waals surface area contributed by atoms with Crippen molar-refractivity contribution in [2.75, 3.05) is 20.8 Å². The molecule has 14 unspecified atom stereocenters. The van der Waals surface area contributed by atoms with Gasteiger partial charge >= 0.3 is 5.97 Å². The van der Waals surface area contributed by atoms with Gasteiger partial charge in [-0.3, -0.25) is 14.4 Å². The van der Waals surface area contributed by atoms with Gasteiger partial charge in [0.2, 0.25) is 5.79 Å². The molecule has 3 aliphatic heterocycles. The topological polar surface area (TPSA) is 167 Å². The Kier molecular flexibility index (Phi) is 19.8. The van der Waals surface area contributed by atoms with Crippen LogP contribution in [0.5, 0.6) is 0 Å². The summed E-state index contributed by atoms with van der Waals surface area (Å²) in [4.78, 5) is 59.8. The third-order valence-electron chi connectivity index (χ3n) is 15.3. The van der Waals surface area contributed by atoms with Crippen molar-refractivity contribution < 1.29 is 57.5 Å². The van der Waals surface area contributed by atoms with Crippen molar-refractivity contribution in [1.29, 1.82) is 0 Å². The van der Waals surface area contributed by atoms with Gasteiger partial charge in [0.15, 0.2) is 8.32 Å². The van der Waals surface area contributed by atoms with Gasteiger partial charge in [0, 0.05) is 44.9 Å². The third-order valence-corrected chi connectivity index (χ3v) is 19.8. The Bertz CT molecular complexity index is 1690. The van der Waals surface area contributed by atoms with Crippen LogP contribution in [0.4, 0.5) is 0 Å². The number of hydrogen-bond acceptors (Lipinski definition) is 12. The van der Waals surface area contributed by atoms with Crippen LogP contribution in [0.2, 0.25) is 18.1 Å². The summed E-state index contributed by atoms with van der Waals surface area (Å²) in [6.07, 6.45) is 5.05. The van der Waals surface area contributed by atoms with Gasteiger partial charge < -0.3 is 43.2 Å². The van der Waals surface area contributed by atoms with Crippen molar-refractivity contribution in [3.63, 3.8) is 0 Å². The van der Waals surface area contributed by atoms with E-state index in [-0.39, 0.29) is 66.6 Å². The standard InChI is InChI=1S/C51H87NO12Si/c1-16-37-24-31(4)23-32(5)25-43(59-12)46-44(60-13)27-34(7)51(58,63-46)47(55)48(56)52-22-18-17-19-38(52)49(57)62-45(33(6)26-36-20-21-39(53)42(28-36)61-30(2)3)35(8)41(29-40(37)54)64-65(14,15)50(9,10)11/h24,26,30,32,34-39,41-46,53,58H,16-23,25,27-29H2,1-15H3. The molecule has 0 radical (unpaired) electrons. The minimum Gasteiger partial charge on any atom is -0.456 e. The summed E-state index contributed by atoms with van der Waals surface area (Å²) >= 11 is 0. The number of piperidine rings is 1. The van der Waals surface area contributed by atoms with Gasteiger partial charge in [0.1, 0.15) is 24.0 Å². The molecule has 1 saturated carbocycles. The average Bonchev–Trinajstić information content (AvgIpc) is 3.23. The first-order valence-electron chi connectivity index (χ1n) is 24.7.